The molecule has 5 nitrogen and oxygen atoms in total. The molecule has 0 fully saturated rings. The van der Waals surface area contributed by atoms with E-state index in [1.165, 1.54) is 0 Å². The van der Waals surface area contributed by atoms with Gasteiger partial charge in [0.25, 0.3) is 5.91 Å². The number of fused-ring (bicyclic) bond motifs is 1. The minimum absolute atomic E-state index is 0.140. The number of amides is 2. The number of nitrogens with one attached hydrogen (secondary N) is 1. The summed E-state index contributed by atoms with van der Waals surface area (Å²) in [4.78, 5) is 28.1. The highest BCUT2D eigenvalue weighted by Gasteiger charge is 2.31. The van der Waals surface area contributed by atoms with E-state index in [0.29, 0.717) is 18.7 Å². The summed E-state index contributed by atoms with van der Waals surface area (Å²) in [6, 6.07) is 21.1. The number of hydrogen-bond donors (Lipinski definition) is 1. The number of benzene rings is 3. The molecule has 0 radical (unpaired) electrons. The van der Waals surface area contributed by atoms with Crippen molar-refractivity contribution < 1.29 is 14.3 Å². The molecule has 3 rings (SSSR count). The Hall–Kier alpha value is -3.34. The Kier molecular flexibility index (Phi) is 7.75. The Balaban J connectivity index is 1.84. The number of hydrogen-bond acceptors (Lipinski definition) is 3. The van der Waals surface area contributed by atoms with Crippen LogP contribution >= 0.6 is 0 Å². The van der Waals surface area contributed by atoms with Crippen molar-refractivity contribution >= 4 is 22.6 Å². The number of ether oxygens (including phenoxy) is 1. The summed E-state index contributed by atoms with van der Waals surface area (Å²) in [6.45, 7) is 9.96. The topological polar surface area (TPSA) is 58.6 Å². The van der Waals surface area contributed by atoms with Crippen molar-refractivity contribution in [1.29, 1.82) is 0 Å². The van der Waals surface area contributed by atoms with Crippen LogP contribution in [0.5, 0.6) is 5.75 Å². The maximum Gasteiger partial charge on any atom is 0.261 e. The van der Waals surface area contributed by atoms with E-state index in [1.807, 2.05) is 101 Å². The van der Waals surface area contributed by atoms with Gasteiger partial charge in [0.05, 0.1) is 0 Å². The predicted octanol–water partition coefficient (Wildman–Crippen LogP) is 5.25. The van der Waals surface area contributed by atoms with Crippen LogP contribution in [-0.4, -0.2) is 34.9 Å². The summed E-state index contributed by atoms with van der Waals surface area (Å²) in [5.74, 6) is 0.277. The van der Waals surface area contributed by atoms with Gasteiger partial charge in [-0.2, -0.15) is 0 Å². The van der Waals surface area contributed by atoms with E-state index < -0.39 is 6.04 Å². The molecule has 0 bridgehead atoms. The smallest absolute Gasteiger partial charge is 0.261 e. The van der Waals surface area contributed by atoms with Crippen molar-refractivity contribution in [3.05, 3.63) is 77.9 Å². The predicted molar refractivity (Wildman–Crippen MR) is 133 cm³/mol. The van der Waals surface area contributed by atoms with E-state index in [-0.39, 0.29) is 24.0 Å². The highest BCUT2D eigenvalue weighted by Crippen LogP contribution is 2.25. The molecule has 0 saturated carbocycles. The minimum Gasteiger partial charge on any atom is -0.483 e. The molecule has 1 N–H and O–H groups in total. The fourth-order valence-electron chi connectivity index (χ4n) is 3.81. The van der Waals surface area contributed by atoms with Gasteiger partial charge >= 0.3 is 0 Å². The van der Waals surface area contributed by atoms with Crippen LogP contribution in [0.3, 0.4) is 0 Å². The molecule has 0 aliphatic rings. The number of aryl methyl sites for hydroxylation is 1. The SMILES string of the molecule is CC[C@H](C(=O)NC(C)(C)C)N(Cc1ccc(C)cc1)C(=O)COc1cccc2ccccc12. The second-order valence-electron chi connectivity index (χ2n) is 9.44. The molecule has 0 heterocycles. The lowest BCUT2D eigenvalue weighted by Gasteiger charge is -2.33. The molecule has 2 amide bonds. The Labute approximate surface area is 196 Å². The first-order valence-electron chi connectivity index (χ1n) is 11.5. The van der Waals surface area contributed by atoms with Gasteiger partial charge in [0.2, 0.25) is 5.91 Å². The molecule has 0 spiro atoms. The van der Waals surface area contributed by atoms with Crippen LogP contribution < -0.4 is 10.1 Å². The monoisotopic (exact) mass is 446 g/mol. The fraction of sp³-hybridized carbons (Fsp3) is 0.357. The number of rotatable bonds is 8. The van der Waals surface area contributed by atoms with Gasteiger partial charge in [0.1, 0.15) is 11.8 Å². The third kappa shape index (κ3) is 6.58. The summed E-state index contributed by atoms with van der Waals surface area (Å²) < 4.78 is 5.97. The molecule has 0 aliphatic carbocycles. The molecule has 0 aliphatic heterocycles. The first-order chi connectivity index (χ1) is 15.7. The zero-order valence-corrected chi connectivity index (χ0v) is 20.2. The van der Waals surface area contributed by atoms with Gasteiger partial charge in [-0.25, -0.2) is 0 Å². The van der Waals surface area contributed by atoms with Crippen LogP contribution in [0.15, 0.2) is 66.7 Å². The van der Waals surface area contributed by atoms with Gasteiger partial charge in [0, 0.05) is 17.5 Å². The highest BCUT2D eigenvalue weighted by molar-refractivity contribution is 5.90. The lowest BCUT2D eigenvalue weighted by atomic mass is 10.1. The maximum atomic E-state index is 13.4. The summed E-state index contributed by atoms with van der Waals surface area (Å²) in [7, 11) is 0. The van der Waals surface area contributed by atoms with Crippen LogP contribution in [0.2, 0.25) is 0 Å². The zero-order valence-electron chi connectivity index (χ0n) is 20.2. The molecule has 174 valence electrons. The van der Waals surface area contributed by atoms with E-state index >= 15 is 0 Å². The molecule has 1 atom stereocenters. The van der Waals surface area contributed by atoms with E-state index in [4.69, 9.17) is 4.74 Å². The van der Waals surface area contributed by atoms with Gasteiger partial charge in [-0.05, 0) is 51.1 Å². The second kappa shape index (κ2) is 10.5. The van der Waals surface area contributed by atoms with Crippen molar-refractivity contribution in [1.82, 2.24) is 10.2 Å². The van der Waals surface area contributed by atoms with Gasteiger partial charge < -0.3 is 15.0 Å². The minimum atomic E-state index is -0.589. The Morgan fingerprint density at radius 3 is 2.30 bits per heavy atom. The molecule has 33 heavy (non-hydrogen) atoms. The third-order valence-corrected chi connectivity index (χ3v) is 5.46. The average molecular weight is 447 g/mol. The molecule has 5 heteroatoms. The van der Waals surface area contributed by atoms with Crippen LogP contribution in [-0.2, 0) is 16.1 Å². The van der Waals surface area contributed by atoms with Gasteiger partial charge in [0.15, 0.2) is 6.61 Å². The Morgan fingerprint density at radius 1 is 0.970 bits per heavy atom. The second-order valence-corrected chi connectivity index (χ2v) is 9.44. The third-order valence-electron chi connectivity index (χ3n) is 5.46. The first kappa shape index (κ1) is 24.3. The average Bonchev–Trinajstić information content (AvgIpc) is 2.77. The maximum absolute atomic E-state index is 13.4. The van der Waals surface area contributed by atoms with E-state index in [9.17, 15) is 9.59 Å². The van der Waals surface area contributed by atoms with E-state index in [0.717, 1.165) is 21.9 Å². The molecule has 3 aromatic rings. The fourth-order valence-corrected chi connectivity index (χ4v) is 3.81. The summed E-state index contributed by atoms with van der Waals surface area (Å²) in [6.07, 6.45) is 0.508. The van der Waals surface area contributed by atoms with E-state index in [1.54, 1.807) is 4.90 Å². The first-order valence-corrected chi connectivity index (χ1v) is 11.5. The molecular weight excluding hydrogens is 412 g/mol. The Bertz CT molecular complexity index is 1090. The number of nitrogens with zero attached hydrogens (tertiary/aromatic N) is 1. The molecule has 0 saturated heterocycles. The summed E-state index contributed by atoms with van der Waals surface area (Å²) >= 11 is 0. The summed E-state index contributed by atoms with van der Waals surface area (Å²) in [5.41, 5.74) is 1.73. The quantitative estimate of drug-likeness (QED) is 0.514. The lowest BCUT2D eigenvalue weighted by Crippen LogP contribution is -2.54. The van der Waals surface area contributed by atoms with Crippen molar-refractivity contribution in [2.45, 2.75) is 59.2 Å². The number of carbonyl (C=O) groups excluding carboxylic acids is 2. The van der Waals surface area contributed by atoms with Crippen LogP contribution in [0, 0.1) is 6.92 Å². The van der Waals surface area contributed by atoms with Crippen LogP contribution in [0.4, 0.5) is 0 Å². The van der Waals surface area contributed by atoms with Crippen molar-refractivity contribution in [3.8, 4) is 5.75 Å². The van der Waals surface area contributed by atoms with Gasteiger partial charge in [-0.3, -0.25) is 9.59 Å². The van der Waals surface area contributed by atoms with Crippen molar-refractivity contribution in [2.75, 3.05) is 6.61 Å². The number of carbonyl (C=O) groups is 2. The lowest BCUT2D eigenvalue weighted by molar-refractivity contribution is -0.143. The molecular formula is C28H34N2O3. The summed E-state index contributed by atoms with van der Waals surface area (Å²) in [5, 5.41) is 5.03. The van der Waals surface area contributed by atoms with Crippen molar-refractivity contribution in [2.24, 2.45) is 0 Å². The van der Waals surface area contributed by atoms with Crippen LogP contribution in [0.25, 0.3) is 10.8 Å². The van der Waals surface area contributed by atoms with Gasteiger partial charge in [-0.1, -0.05) is 73.2 Å². The molecule has 0 unspecified atom stereocenters. The van der Waals surface area contributed by atoms with Crippen LogP contribution in [0.1, 0.15) is 45.2 Å². The molecule has 3 aromatic carbocycles. The van der Waals surface area contributed by atoms with Crippen molar-refractivity contribution in [3.63, 3.8) is 0 Å². The largest absolute Gasteiger partial charge is 0.483 e. The highest BCUT2D eigenvalue weighted by atomic mass is 16.5. The molecule has 0 aromatic heterocycles. The normalized spacial score (nSPS) is 12.3. The Morgan fingerprint density at radius 2 is 1.64 bits per heavy atom. The standard InChI is InChI=1S/C28H34N2O3/c1-6-24(27(32)29-28(3,4)5)30(18-21-16-14-20(2)15-17-21)26(31)19-33-25-13-9-11-22-10-7-8-12-23(22)25/h7-17,24H,6,18-19H2,1-5H3,(H,29,32)/t24-/m1/s1. The zero-order chi connectivity index (χ0) is 24.0. The van der Waals surface area contributed by atoms with E-state index in [2.05, 4.69) is 5.32 Å². The van der Waals surface area contributed by atoms with Gasteiger partial charge in [-0.15, -0.1) is 0 Å².